The summed E-state index contributed by atoms with van der Waals surface area (Å²) in [7, 11) is -3.01. The van der Waals surface area contributed by atoms with Gasteiger partial charge in [0.2, 0.25) is 11.8 Å². The van der Waals surface area contributed by atoms with Gasteiger partial charge in [-0.3, -0.25) is 9.59 Å². The van der Waals surface area contributed by atoms with Gasteiger partial charge in [-0.25, -0.2) is 8.42 Å². The van der Waals surface area contributed by atoms with Gasteiger partial charge < -0.3 is 15.2 Å². The molecule has 1 saturated heterocycles. The zero-order valence-electron chi connectivity index (χ0n) is 14.9. The molecule has 1 aromatic heterocycles. The van der Waals surface area contributed by atoms with Gasteiger partial charge in [0.05, 0.1) is 17.9 Å². The van der Waals surface area contributed by atoms with E-state index in [2.05, 4.69) is 10.6 Å². The molecule has 8 heteroatoms. The first-order chi connectivity index (χ1) is 12.9. The topological polar surface area (TPSA) is 97.3 Å². The lowest BCUT2D eigenvalue weighted by Gasteiger charge is -2.11. The number of hydrogen-bond acceptors (Lipinski definition) is 4. The lowest BCUT2D eigenvalue weighted by molar-refractivity contribution is -0.122. The van der Waals surface area contributed by atoms with Crippen molar-refractivity contribution in [2.45, 2.75) is 25.3 Å². The molecule has 2 N–H and O–H groups in total. The molecule has 27 heavy (non-hydrogen) atoms. The highest BCUT2D eigenvalue weighted by Crippen LogP contribution is 2.12. The summed E-state index contributed by atoms with van der Waals surface area (Å²) in [5, 5.41) is 5.43. The van der Waals surface area contributed by atoms with Crippen molar-refractivity contribution < 1.29 is 18.0 Å². The van der Waals surface area contributed by atoms with Crippen molar-refractivity contribution >= 4 is 21.7 Å². The van der Waals surface area contributed by atoms with Gasteiger partial charge in [0, 0.05) is 37.1 Å². The number of nitrogens with zero attached hydrogens (tertiary/aromatic N) is 1. The number of amides is 2. The lowest BCUT2D eigenvalue weighted by Crippen LogP contribution is -2.37. The third kappa shape index (κ3) is 5.68. The van der Waals surface area contributed by atoms with Gasteiger partial charge in [0.25, 0.3) is 0 Å². The van der Waals surface area contributed by atoms with Gasteiger partial charge in [-0.2, -0.15) is 0 Å². The van der Waals surface area contributed by atoms with E-state index in [4.69, 9.17) is 0 Å². The summed E-state index contributed by atoms with van der Waals surface area (Å²) in [5.74, 6) is -0.268. The van der Waals surface area contributed by atoms with Crippen molar-refractivity contribution in [2.75, 3.05) is 18.1 Å². The van der Waals surface area contributed by atoms with Crippen LogP contribution < -0.4 is 10.6 Å². The standard InChI is InChI=1S/C19H23N3O4S/c23-18(21-16-8-12-27(25,26)14-16)7-9-20-19(24)13-15-3-5-17(6-4-15)22-10-1-2-11-22/h1-6,10-11,16H,7-9,12-14H2,(H,20,24)(H,21,23). The third-order valence-electron chi connectivity index (χ3n) is 4.48. The van der Waals surface area contributed by atoms with Crippen LogP contribution in [-0.2, 0) is 25.8 Å². The molecule has 1 atom stereocenters. The van der Waals surface area contributed by atoms with E-state index in [-0.39, 0.29) is 48.7 Å². The molecule has 1 fully saturated rings. The number of carbonyl (C=O) groups excluding carboxylic acids is 2. The van der Waals surface area contributed by atoms with E-state index in [9.17, 15) is 18.0 Å². The van der Waals surface area contributed by atoms with Crippen molar-refractivity contribution in [1.29, 1.82) is 0 Å². The summed E-state index contributed by atoms with van der Waals surface area (Å²) in [6.45, 7) is 0.228. The molecule has 1 unspecified atom stereocenters. The number of hydrogen-bond donors (Lipinski definition) is 2. The van der Waals surface area contributed by atoms with Crippen LogP contribution in [0.2, 0.25) is 0 Å². The molecule has 2 aromatic rings. The summed E-state index contributed by atoms with van der Waals surface area (Å²) >= 11 is 0. The predicted octanol–water partition coefficient (Wildman–Crippen LogP) is 0.829. The molecule has 0 spiro atoms. The average molecular weight is 389 g/mol. The van der Waals surface area contributed by atoms with Gasteiger partial charge in [-0.05, 0) is 36.2 Å². The normalized spacial score (nSPS) is 18.1. The Balaban J connectivity index is 1.37. The van der Waals surface area contributed by atoms with Crippen LogP contribution in [0.1, 0.15) is 18.4 Å². The quantitative estimate of drug-likeness (QED) is 0.733. The number of benzene rings is 1. The van der Waals surface area contributed by atoms with Gasteiger partial charge in [-0.1, -0.05) is 12.1 Å². The fourth-order valence-electron chi connectivity index (χ4n) is 3.06. The molecule has 0 aliphatic carbocycles. The van der Waals surface area contributed by atoms with Crippen molar-refractivity contribution in [3.05, 3.63) is 54.4 Å². The predicted molar refractivity (Wildman–Crippen MR) is 102 cm³/mol. The minimum Gasteiger partial charge on any atom is -0.355 e. The molecule has 2 amide bonds. The molecule has 0 radical (unpaired) electrons. The molecule has 1 aromatic carbocycles. The van der Waals surface area contributed by atoms with Crippen LogP contribution in [0.25, 0.3) is 5.69 Å². The molecule has 3 rings (SSSR count). The largest absolute Gasteiger partial charge is 0.355 e. The highest BCUT2D eigenvalue weighted by atomic mass is 32.2. The maximum Gasteiger partial charge on any atom is 0.224 e. The number of sulfone groups is 1. The van der Waals surface area contributed by atoms with Crippen molar-refractivity contribution in [3.63, 3.8) is 0 Å². The van der Waals surface area contributed by atoms with Gasteiger partial charge in [0.1, 0.15) is 0 Å². The van der Waals surface area contributed by atoms with E-state index in [0.29, 0.717) is 6.42 Å². The van der Waals surface area contributed by atoms with Crippen LogP contribution in [0.4, 0.5) is 0 Å². The maximum atomic E-state index is 12.0. The monoisotopic (exact) mass is 389 g/mol. The molecule has 0 bridgehead atoms. The first-order valence-corrected chi connectivity index (χ1v) is 10.7. The molecule has 0 saturated carbocycles. The smallest absolute Gasteiger partial charge is 0.224 e. The van der Waals surface area contributed by atoms with Gasteiger partial charge in [-0.15, -0.1) is 0 Å². The minimum atomic E-state index is -3.01. The Hall–Kier alpha value is -2.61. The zero-order valence-corrected chi connectivity index (χ0v) is 15.7. The van der Waals surface area contributed by atoms with Crippen LogP contribution in [0, 0.1) is 0 Å². The Morgan fingerprint density at radius 1 is 1.07 bits per heavy atom. The lowest BCUT2D eigenvalue weighted by atomic mass is 10.1. The van der Waals surface area contributed by atoms with Gasteiger partial charge >= 0.3 is 0 Å². The minimum absolute atomic E-state index is 0.00407. The van der Waals surface area contributed by atoms with Crippen LogP contribution >= 0.6 is 0 Å². The van der Waals surface area contributed by atoms with Gasteiger partial charge in [0.15, 0.2) is 9.84 Å². The summed E-state index contributed by atoms with van der Waals surface area (Å²) in [6, 6.07) is 11.3. The number of carbonyl (C=O) groups is 2. The summed E-state index contributed by atoms with van der Waals surface area (Å²) < 4.78 is 24.7. The van der Waals surface area contributed by atoms with Crippen molar-refractivity contribution in [1.82, 2.24) is 15.2 Å². The molecule has 7 nitrogen and oxygen atoms in total. The highest BCUT2D eigenvalue weighted by molar-refractivity contribution is 7.91. The number of nitrogens with one attached hydrogen (secondary N) is 2. The van der Waals surface area contributed by atoms with E-state index in [1.807, 2.05) is 53.4 Å². The van der Waals surface area contributed by atoms with Crippen LogP contribution in [-0.4, -0.2) is 48.9 Å². The summed E-state index contributed by atoms with van der Waals surface area (Å²) in [6.07, 6.45) is 4.74. The first-order valence-electron chi connectivity index (χ1n) is 8.90. The number of aromatic nitrogens is 1. The highest BCUT2D eigenvalue weighted by Gasteiger charge is 2.28. The second-order valence-electron chi connectivity index (χ2n) is 6.70. The van der Waals surface area contributed by atoms with Crippen molar-refractivity contribution in [2.24, 2.45) is 0 Å². The van der Waals surface area contributed by atoms with Crippen LogP contribution in [0.5, 0.6) is 0 Å². The molecular weight excluding hydrogens is 366 g/mol. The number of rotatable bonds is 7. The van der Waals surface area contributed by atoms with Crippen LogP contribution in [0.3, 0.4) is 0 Å². The molecule has 1 aliphatic rings. The van der Waals surface area contributed by atoms with E-state index >= 15 is 0 Å². The fraction of sp³-hybridized carbons (Fsp3) is 0.368. The third-order valence-corrected chi connectivity index (χ3v) is 6.24. The maximum absolute atomic E-state index is 12.0. The molecule has 2 heterocycles. The Kier molecular flexibility index (Phi) is 5.95. The Bertz CT molecular complexity index is 890. The Morgan fingerprint density at radius 3 is 2.41 bits per heavy atom. The second-order valence-corrected chi connectivity index (χ2v) is 8.93. The molecule has 1 aliphatic heterocycles. The Morgan fingerprint density at radius 2 is 1.78 bits per heavy atom. The zero-order chi connectivity index (χ0) is 19.3. The SMILES string of the molecule is O=C(Cc1ccc(-n2cccc2)cc1)NCCC(=O)NC1CCS(=O)(=O)C1. The van der Waals surface area contributed by atoms with E-state index in [1.54, 1.807) is 0 Å². The van der Waals surface area contributed by atoms with E-state index in [1.165, 1.54) is 0 Å². The second kappa shape index (κ2) is 8.39. The first kappa shape index (κ1) is 19.2. The summed E-state index contributed by atoms with van der Waals surface area (Å²) in [4.78, 5) is 23.9. The van der Waals surface area contributed by atoms with Crippen molar-refractivity contribution in [3.8, 4) is 5.69 Å². The van der Waals surface area contributed by atoms with E-state index < -0.39 is 9.84 Å². The van der Waals surface area contributed by atoms with E-state index in [0.717, 1.165) is 11.3 Å². The van der Waals surface area contributed by atoms with Crippen LogP contribution in [0.15, 0.2) is 48.8 Å². The summed E-state index contributed by atoms with van der Waals surface area (Å²) in [5.41, 5.74) is 1.92. The fourth-order valence-corrected chi connectivity index (χ4v) is 4.74. The molecule has 144 valence electrons. The Labute approximate surface area is 158 Å². The molecular formula is C19H23N3O4S. The average Bonchev–Trinajstić information content (AvgIpc) is 3.25.